The van der Waals surface area contributed by atoms with E-state index in [1.54, 1.807) is 0 Å². The van der Waals surface area contributed by atoms with Gasteiger partial charge in [0.1, 0.15) is 5.60 Å². The van der Waals surface area contributed by atoms with Crippen molar-refractivity contribution in [3.63, 3.8) is 0 Å². The lowest BCUT2D eigenvalue weighted by molar-refractivity contribution is -0.143. The van der Waals surface area contributed by atoms with Crippen LogP contribution in [0.25, 0.3) is 0 Å². The molecule has 1 amide bonds. The van der Waals surface area contributed by atoms with Gasteiger partial charge in [-0.15, -0.1) is 0 Å². The first kappa shape index (κ1) is 13.8. The van der Waals surface area contributed by atoms with Crippen molar-refractivity contribution in [1.82, 2.24) is 5.32 Å². The molecule has 1 saturated heterocycles. The SMILES string of the molecule is CC1CCC(CO)(NC(=O)C2(C)CCCO2)CC1. The third-order valence-electron chi connectivity index (χ3n) is 4.61. The van der Waals surface area contributed by atoms with Gasteiger partial charge in [-0.3, -0.25) is 4.79 Å². The first-order valence-corrected chi connectivity index (χ1v) is 7.07. The zero-order chi connectivity index (χ0) is 13.2. The van der Waals surface area contributed by atoms with Gasteiger partial charge < -0.3 is 15.2 Å². The van der Waals surface area contributed by atoms with Crippen molar-refractivity contribution in [2.24, 2.45) is 5.92 Å². The van der Waals surface area contributed by atoms with E-state index < -0.39 is 11.1 Å². The summed E-state index contributed by atoms with van der Waals surface area (Å²) >= 11 is 0. The van der Waals surface area contributed by atoms with Crippen LogP contribution >= 0.6 is 0 Å². The van der Waals surface area contributed by atoms with E-state index in [9.17, 15) is 9.90 Å². The number of carbonyl (C=O) groups excluding carboxylic acids is 1. The Morgan fingerprint density at radius 1 is 1.39 bits per heavy atom. The van der Waals surface area contributed by atoms with Crippen molar-refractivity contribution < 1.29 is 14.6 Å². The molecule has 0 aromatic heterocycles. The van der Waals surface area contributed by atoms with Crippen molar-refractivity contribution in [2.75, 3.05) is 13.2 Å². The van der Waals surface area contributed by atoms with Crippen LogP contribution in [0.1, 0.15) is 52.4 Å². The summed E-state index contributed by atoms with van der Waals surface area (Å²) in [6.07, 6.45) is 5.58. The highest BCUT2D eigenvalue weighted by molar-refractivity contribution is 5.85. The Morgan fingerprint density at radius 2 is 2.06 bits per heavy atom. The third kappa shape index (κ3) is 2.69. The van der Waals surface area contributed by atoms with Crippen LogP contribution in [-0.4, -0.2) is 35.4 Å². The van der Waals surface area contributed by atoms with Gasteiger partial charge in [0.15, 0.2) is 0 Å². The molecule has 0 aromatic rings. The van der Waals surface area contributed by atoms with E-state index in [2.05, 4.69) is 12.2 Å². The number of amides is 1. The van der Waals surface area contributed by atoms with Crippen LogP contribution in [0, 0.1) is 5.92 Å². The summed E-state index contributed by atoms with van der Waals surface area (Å²) in [5, 5.41) is 12.7. The molecule has 4 nitrogen and oxygen atoms in total. The van der Waals surface area contributed by atoms with Crippen LogP contribution in [0.3, 0.4) is 0 Å². The number of ether oxygens (including phenoxy) is 1. The highest BCUT2D eigenvalue weighted by Gasteiger charge is 2.43. The normalized spacial score (nSPS) is 40.7. The lowest BCUT2D eigenvalue weighted by atomic mass is 9.77. The molecule has 2 N–H and O–H groups in total. The predicted octanol–water partition coefficient (Wildman–Crippen LogP) is 1.61. The monoisotopic (exact) mass is 255 g/mol. The molecule has 1 unspecified atom stereocenters. The second-order valence-electron chi connectivity index (χ2n) is 6.26. The van der Waals surface area contributed by atoms with Crippen LogP contribution in [0.2, 0.25) is 0 Å². The molecule has 1 aliphatic carbocycles. The molecule has 1 heterocycles. The third-order valence-corrected chi connectivity index (χ3v) is 4.61. The van der Waals surface area contributed by atoms with E-state index in [0.29, 0.717) is 12.5 Å². The van der Waals surface area contributed by atoms with Gasteiger partial charge in [-0.1, -0.05) is 6.92 Å². The summed E-state index contributed by atoms with van der Waals surface area (Å²) in [5.74, 6) is 0.642. The number of nitrogens with one attached hydrogen (secondary N) is 1. The number of hydrogen-bond acceptors (Lipinski definition) is 3. The van der Waals surface area contributed by atoms with Gasteiger partial charge >= 0.3 is 0 Å². The van der Waals surface area contributed by atoms with E-state index in [0.717, 1.165) is 38.5 Å². The van der Waals surface area contributed by atoms with Crippen LogP contribution in [0.5, 0.6) is 0 Å². The number of carbonyl (C=O) groups is 1. The van der Waals surface area contributed by atoms with Crippen LogP contribution in [0.15, 0.2) is 0 Å². The summed E-state index contributed by atoms with van der Waals surface area (Å²) in [6, 6.07) is 0. The highest BCUT2D eigenvalue weighted by Crippen LogP contribution is 2.33. The van der Waals surface area contributed by atoms with Crippen molar-refractivity contribution in [3.8, 4) is 0 Å². The molecule has 0 bridgehead atoms. The fraction of sp³-hybridized carbons (Fsp3) is 0.929. The standard InChI is InChI=1S/C14H25NO3/c1-11-4-7-14(10-16,8-5-11)15-12(17)13(2)6-3-9-18-13/h11,16H,3-10H2,1-2H3,(H,15,17). The van der Waals surface area contributed by atoms with Crippen molar-refractivity contribution in [3.05, 3.63) is 0 Å². The zero-order valence-electron chi connectivity index (χ0n) is 11.5. The molecule has 2 aliphatic rings. The van der Waals surface area contributed by atoms with E-state index in [4.69, 9.17) is 4.74 Å². The predicted molar refractivity (Wildman–Crippen MR) is 69.2 cm³/mol. The maximum Gasteiger partial charge on any atom is 0.252 e. The lowest BCUT2D eigenvalue weighted by Gasteiger charge is -2.40. The molecule has 18 heavy (non-hydrogen) atoms. The first-order chi connectivity index (χ1) is 8.50. The molecule has 0 aromatic carbocycles. The maximum atomic E-state index is 12.3. The zero-order valence-corrected chi connectivity index (χ0v) is 11.5. The van der Waals surface area contributed by atoms with E-state index in [1.807, 2.05) is 6.92 Å². The van der Waals surface area contributed by atoms with Gasteiger partial charge in [-0.2, -0.15) is 0 Å². The Kier molecular flexibility index (Phi) is 3.97. The summed E-state index contributed by atoms with van der Waals surface area (Å²) in [7, 11) is 0. The summed E-state index contributed by atoms with van der Waals surface area (Å²) in [5.41, 5.74) is -1.11. The Balaban J connectivity index is 1.99. The van der Waals surface area contributed by atoms with Crippen LogP contribution < -0.4 is 5.32 Å². The minimum absolute atomic E-state index is 0.0293. The fourth-order valence-electron chi connectivity index (χ4n) is 2.97. The Hall–Kier alpha value is -0.610. The second-order valence-corrected chi connectivity index (χ2v) is 6.26. The molecule has 4 heteroatoms. The molecule has 104 valence electrons. The highest BCUT2D eigenvalue weighted by atomic mass is 16.5. The number of hydrogen-bond donors (Lipinski definition) is 2. The molecule has 0 radical (unpaired) electrons. The van der Waals surface area contributed by atoms with Gasteiger partial charge in [0.2, 0.25) is 0 Å². The minimum atomic E-state index is -0.689. The summed E-state index contributed by atoms with van der Waals surface area (Å²) in [4.78, 5) is 12.3. The quantitative estimate of drug-likeness (QED) is 0.805. The van der Waals surface area contributed by atoms with Gasteiger partial charge in [0.05, 0.1) is 12.1 Å². The minimum Gasteiger partial charge on any atom is -0.394 e. The molecule has 2 rings (SSSR count). The number of aliphatic hydroxyl groups excluding tert-OH is 1. The Bertz CT molecular complexity index is 302. The smallest absolute Gasteiger partial charge is 0.252 e. The maximum absolute atomic E-state index is 12.3. The van der Waals surface area contributed by atoms with Crippen LogP contribution in [-0.2, 0) is 9.53 Å². The second kappa shape index (κ2) is 5.17. The summed E-state index contributed by atoms with van der Waals surface area (Å²) in [6.45, 7) is 4.77. The van der Waals surface area contributed by atoms with Gasteiger partial charge in [-0.25, -0.2) is 0 Å². The van der Waals surface area contributed by atoms with Crippen molar-refractivity contribution in [1.29, 1.82) is 0 Å². The lowest BCUT2D eigenvalue weighted by Crippen LogP contribution is -2.58. The van der Waals surface area contributed by atoms with Gasteiger partial charge in [0.25, 0.3) is 5.91 Å². The largest absolute Gasteiger partial charge is 0.394 e. The average Bonchev–Trinajstić information content (AvgIpc) is 2.81. The van der Waals surface area contributed by atoms with Crippen molar-refractivity contribution in [2.45, 2.75) is 63.5 Å². The molecule has 2 fully saturated rings. The number of aliphatic hydroxyl groups is 1. The first-order valence-electron chi connectivity index (χ1n) is 7.07. The molecule has 1 aliphatic heterocycles. The van der Waals surface area contributed by atoms with E-state index in [-0.39, 0.29) is 12.5 Å². The molecule has 1 atom stereocenters. The average molecular weight is 255 g/mol. The van der Waals surface area contributed by atoms with Gasteiger partial charge in [0, 0.05) is 6.61 Å². The fourth-order valence-corrected chi connectivity index (χ4v) is 2.97. The topological polar surface area (TPSA) is 58.6 Å². The van der Waals surface area contributed by atoms with Crippen LogP contribution in [0.4, 0.5) is 0 Å². The Labute approximate surface area is 109 Å². The van der Waals surface area contributed by atoms with E-state index in [1.165, 1.54) is 0 Å². The molecular weight excluding hydrogens is 230 g/mol. The Morgan fingerprint density at radius 3 is 2.56 bits per heavy atom. The molecule has 1 saturated carbocycles. The molecular formula is C14H25NO3. The van der Waals surface area contributed by atoms with E-state index >= 15 is 0 Å². The van der Waals surface area contributed by atoms with Gasteiger partial charge in [-0.05, 0) is 51.4 Å². The number of rotatable bonds is 3. The summed E-state index contributed by atoms with van der Waals surface area (Å²) < 4.78 is 5.56. The van der Waals surface area contributed by atoms with Crippen molar-refractivity contribution >= 4 is 5.91 Å². The molecule has 0 spiro atoms.